The van der Waals surface area contributed by atoms with E-state index in [1.807, 2.05) is 12.1 Å². The number of halogens is 3. The van der Waals surface area contributed by atoms with Gasteiger partial charge in [0.25, 0.3) is 0 Å². The third-order valence-corrected chi connectivity index (χ3v) is 4.00. The van der Waals surface area contributed by atoms with Crippen LogP contribution in [0.2, 0.25) is 5.02 Å². The van der Waals surface area contributed by atoms with Crippen molar-refractivity contribution >= 4 is 27.5 Å². The minimum atomic E-state index is -1.07. The highest BCUT2D eigenvalue weighted by atomic mass is 79.9. The van der Waals surface area contributed by atoms with Crippen molar-refractivity contribution in [1.82, 2.24) is 0 Å². The summed E-state index contributed by atoms with van der Waals surface area (Å²) in [5, 5.41) is 10.5. The summed E-state index contributed by atoms with van der Waals surface area (Å²) in [5.74, 6) is -0.528. The molecule has 0 radical (unpaired) electrons. The highest BCUT2D eigenvalue weighted by Crippen LogP contribution is 2.34. The lowest BCUT2D eigenvalue weighted by Gasteiger charge is -2.15. The Hall–Kier alpha value is -0.900. The average molecular weight is 344 g/mol. The predicted molar refractivity (Wildman–Crippen MR) is 79.0 cm³/mol. The van der Waals surface area contributed by atoms with Gasteiger partial charge in [0.1, 0.15) is 11.9 Å². The maximum absolute atomic E-state index is 14.1. The molecule has 0 fully saturated rings. The quantitative estimate of drug-likeness (QED) is 0.787. The Bertz CT molecular complexity index is 583. The second-order valence-electron chi connectivity index (χ2n) is 4.25. The molecule has 2 aromatic rings. The molecule has 0 spiro atoms. The zero-order valence-corrected chi connectivity index (χ0v) is 12.7. The largest absolute Gasteiger partial charge is 0.383 e. The van der Waals surface area contributed by atoms with Gasteiger partial charge in [0.15, 0.2) is 0 Å². The van der Waals surface area contributed by atoms with Gasteiger partial charge < -0.3 is 5.11 Å². The molecule has 1 atom stereocenters. The van der Waals surface area contributed by atoms with Crippen LogP contribution in [0.5, 0.6) is 0 Å². The Kier molecular flexibility index (Phi) is 4.61. The third kappa shape index (κ3) is 2.99. The van der Waals surface area contributed by atoms with E-state index in [9.17, 15) is 9.50 Å². The number of aryl methyl sites for hydroxylation is 1. The van der Waals surface area contributed by atoms with Crippen LogP contribution in [0.1, 0.15) is 29.7 Å². The standard InChI is InChI=1S/C15H13BrClFO/c1-2-9-3-5-10(6-4-9)15(19)13-12(17)8-7-11(16)14(13)18/h3-8,15,19H,2H2,1H3. The van der Waals surface area contributed by atoms with Crippen molar-refractivity contribution in [1.29, 1.82) is 0 Å². The average Bonchev–Trinajstić information content (AvgIpc) is 2.43. The summed E-state index contributed by atoms with van der Waals surface area (Å²) >= 11 is 9.08. The van der Waals surface area contributed by atoms with Crippen molar-refractivity contribution in [2.45, 2.75) is 19.4 Å². The first kappa shape index (κ1) is 14.5. The smallest absolute Gasteiger partial charge is 0.145 e. The summed E-state index contributed by atoms with van der Waals surface area (Å²) in [6.45, 7) is 2.05. The second-order valence-corrected chi connectivity index (χ2v) is 5.52. The van der Waals surface area contributed by atoms with E-state index < -0.39 is 11.9 Å². The number of rotatable bonds is 3. The van der Waals surface area contributed by atoms with Gasteiger partial charge in [-0.1, -0.05) is 42.8 Å². The second kappa shape index (κ2) is 6.04. The molecule has 0 saturated heterocycles. The van der Waals surface area contributed by atoms with E-state index in [0.717, 1.165) is 12.0 Å². The number of hydrogen-bond acceptors (Lipinski definition) is 1. The zero-order valence-electron chi connectivity index (χ0n) is 10.3. The van der Waals surface area contributed by atoms with Crippen LogP contribution in [0.15, 0.2) is 40.9 Å². The van der Waals surface area contributed by atoms with E-state index >= 15 is 0 Å². The summed E-state index contributed by atoms with van der Waals surface area (Å²) < 4.78 is 14.3. The van der Waals surface area contributed by atoms with Crippen LogP contribution in [-0.2, 0) is 6.42 Å². The van der Waals surface area contributed by atoms with Crippen LogP contribution in [0.25, 0.3) is 0 Å². The molecule has 0 aliphatic heterocycles. The molecule has 0 amide bonds. The van der Waals surface area contributed by atoms with Crippen molar-refractivity contribution in [3.8, 4) is 0 Å². The molecule has 0 bridgehead atoms. The van der Waals surface area contributed by atoms with Crippen molar-refractivity contribution in [3.05, 3.63) is 68.4 Å². The molecule has 4 heteroatoms. The minimum absolute atomic E-state index is 0.0975. The monoisotopic (exact) mass is 342 g/mol. The molecule has 1 nitrogen and oxygen atoms in total. The number of benzene rings is 2. The SMILES string of the molecule is CCc1ccc(C(O)c2c(Cl)ccc(Br)c2F)cc1. The summed E-state index contributed by atoms with van der Waals surface area (Å²) in [6.07, 6.45) is -0.154. The van der Waals surface area contributed by atoms with Crippen molar-refractivity contribution in [3.63, 3.8) is 0 Å². The molecule has 100 valence electrons. The Balaban J connectivity index is 2.43. The first-order valence-corrected chi connectivity index (χ1v) is 7.12. The van der Waals surface area contributed by atoms with Gasteiger partial charge in [0.05, 0.1) is 4.47 Å². The first-order chi connectivity index (χ1) is 9.04. The number of hydrogen-bond donors (Lipinski definition) is 1. The van der Waals surface area contributed by atoms with Gasteiger partial charge in [-0.25, -0.2) is 4.39 Å². The fraction of sp³-hybridized carbons (Fsp3) is 0.200. The van der Waals surface area contributed by atoms with Crippen molar-refractivity contribution in [2.75, 3.05) is 0 Å². The van der Waals surface area contributed by atoms with E-state index in [-0.39, 0.29) is 15.1 Å². The Labute approximate surface area is 125 Å². The van der Waals surface area contributed by atoms with Gasteiger partial charge in [-0.15, -0.1) is 0 Å². The molecule has 0 aliphatic rings. The highest BCUT2D eigenvalue weighted by molar-refractivity contribution is 9.10. The highest BCUT2D eigenvalue weighted by Gasteiger charge is 2.20. The van der Waals surface area contributed by atoms with E-state index in [2.05, 4.69) is 22.9 Å². The molecule has 2 aromatic carbocycles. The molecule has 2 rings (SSSR count). The topological polar surface area (TPSA) is 20.2 Å². The lowest BCUT2D eigenvalue weighted by Crippen LogP contribution is -2.04. The Morgan fingerprint density at radius 2 is 1.84 bits per heavy atom. The first-order valence-electron chi connectivity index (χ1n) is 5.95. The van der Waals surface area contributed by atoms with Gasteiger partial charge >= 0.3 is 0 Å². The molecular weight excluding hydrogens is 331 g/mol. The van der Waals surface area contributed by atoms with Crippen LogP contribution in [0.4, 0.5) is 4.39 Å². The lowest BCUT2D eigenvalue weighted by molar-refractivity contribution is 0.215. The molecule has 0 aromatic heterocycles. The lowest BCUT2D eigenvalue weighted by atomic mass is 9.99. The van der Waals surface area contributed by atoms with Crippen molar-refractivity contribution in [2.24, 2.45) is 0 Å². The molecule has 1 unspecified atom stereocenters. The van der Waals surface area contributed by atoms with Crippen LogP contribution in [-0.4, -0.2) is 5.11 Å². The maximum Gasteiger partial charge on any atom is 0.145 e. The van der Waals surface area contributed by atoms with E-state index in [0.29, 0.717) is 5.56 Å². The van der Waals surface area contributed by atoms with Crippen LogP contribution in [0.3, 0.4) is 0 Å². The van der Waals surface area contributed by atoms with Gasteiger partial charge in [0.2, 0.25) is 0 Å². The molecule has 0 aliphatic carbocycles. The molecule has 19 heavy (non-hydrogen) atoms. The summed E-state index contributed by atoms with van der Waals surface area (Å²) in [5.41, 5.74) is 1.88. The summed E-state index contributed by atoms with van der Waals surface area (Å²) in [6, 6.07) is 10.5. The van der Waals surface area contributed by atoms with Crippen LogP contribution in [0, 0.1) is 5.82 Å². The normalized spacial score (nSPS) is 12.5. The maximum atomic E-state index is 14.1. The molecule has 0 saturated carbocycles. The van der Waals surface area contributed by atoms with Crippen LogP contribution < -0.4 is 0 Å². The fourth-order valence-corrected chi connectivity index (χ4v) is 2.49. The van der Waals surface area contributed by atoms with Crippen LogP contribution >= 0.6 is 27.5 Å². The molecular formula is C15H13BrClFO. The van der Waals surface area contributed by atoms with E-state index in [1.54, 1.807) is 18.2 Å². The summed E-state index contributed by atoms with van der Waals surface area (Å²) in [4.78, 5) is 0. The zero-order chi connectivity index (χ0) is 14.0. The number of aliphatic hydroxyl groups is 1. The van der Waals surface area contributed by atoms with Gasteiger partial charge in [0, 0.05) is 10.6 Å². The number of aliphatic hydroxyl groups excluding tert-OH is 1. The third-order valence-electron chi connectivity index (χ3n) is 3.06. The van der Waals surface area contributed by atoms with Gasteiger partial charge in [-0.2, -0.15) is 0 Å². The van der Waals surface area contributed by atoms with E-state index in [1.165, 1.54) is 6.07 Å². The molecule has 1 N–H and O–H groups in total. The van der Waals surface area contributed by atoms with Crippen molar-refractivity contribution < 1.29 is 9.50 Å². The van der Waals surface area contributed by atoms with Gasteiger partial charge in [-0.3, -0.25) is 0 Å². The Morgan fingerprint density at radius 1 is 1.21 bits per heavy atom. The van der Waals surface area contributed by atoms with Gasteiger partial charge in [-0.05, 0) is 45.6 Å². The fourth-order valence-electron chi connectivity index (χ4n) is 1.90. The Morgan fingerprint density at radius 3 is 2.42 bits per heavy atom. The minimum Gasteiger partial charge on any atom is -0.383 e. The summed E-state index contributed by atoms with van der Waals surface area (Å²) in [7, 11) is 0. The van der Waals surface area contributed by atoms with E-state index in [4.69, 9.17) is 11.6 Å². The predicted octanol–water partition coefficient (Wildman–Crippen LogP) is 4.89. The molecule has 0 heterocycles.